The summed E-state index contributed by atoms with van der Waals surface area (Å²) in [4.78, 5) is 0. The minimum atomic E-state index is 0. The average molecular weight is 337 g/mol. The first-order valence-electron chi connectivity index (χ1n) is 5.91. The summed E-state index contributed by atoms with van der Waals surface area (Å²) in [6, 6.07) is 4.57. The van der Waals surface area contributed by atoms with Gasteiger partial charge in [-0.15, -0.1) is 12.4 Å². The van der Waals surface area contributed by atoms with Crippen LogP contribution in [0.5, 0.6) is 11.5 Å². The molecule has 2 rings (SSSR count). The number of nitrogens with one attached hydrogen (secondary N) is 1. The molecule has 0 aliphatic carbocycles. The molecule has 3 nitrogen and oxygen atoms in total. The predicted molar refractivity (Wildman–Crippen MR) is 79.1 cm³/mol. The standard InChI is InChI=1S/C13H18BrNO2.ClH/c1-16-11-7-9(8-12(17-2)13(11)14)10-5-3-4-6-15-10;/h7-8,10,15H,3-6H2,1-2H3;1H/t10-;/m1./s1. The molecule has 0 spiro atoms. The van der Waals surface area contributed by atoms with E-state index in [4.69, 9.17) is 9.47 Å². The number of benzene rings is 1. The molecule has 1 heterocycles. The number of halogens is 2. The highest BCUT2D eigenvalue weighted by Crippen LogP contribution is 2.38. The summed E-state index contributed by atoms with van der Waals surface area (Å²) < 4.78 is 11.6. The van der Waals surface area contributed by atoms with E-state index in [-0.39, 0.29) is 12.4 Å². The van der Waals surface area contributed by atoms with Gasteiger partial charge in [-0.1, -0.05) is 6.42 Å². The summed E-state index contributed by atoms with van der Waals surface area (Å²) in [6.45, 7) is 1.09. The Labute approximate surface area is 123 Å². The van der Waals surface area contributed by atoms with Crippen molar-refractivity contribution in [2.75, 3.05) is 20.8 Å². The maximum Gasteiger partial charge on any atom is 0.137 e. The summed E-state index contributed by atoms with van der Waals surface area (Å²) in [7, 11) is 3.36. The highest BCUT2D eigenvalue weighted by atomic mass is 79.9. The van der Waals surface area contributed by atoms with Crippen molar-refractivity contribution in [3.05, 3.63) is 22.2 Å². The molecule has 5 heteroatoms. The molecule has 0 amide bonds. The van der Waals surface area contributed by atoms with E-state index in [1.165, 1.54) is 24.8 Å². The summed E-state index contributed by atoms with van der Waals surface area (Å²) in [6.07, 6.45) is 3.72. The Morgan fingerprint density at radius 3 is 2.22 bits per heavy atom. The molecule has 1 aromatic rings. The topological polar surface area (TPSA) is 30.5 Å². The SMILES string of the molecule is COc1cc([C@H]2CCCCN2)cc(OC)c1Br.Cl. The van der Waals surface area contributed by atoms with Crippen molar-refractivity contribution in [2.24, 2.45) is 0 Å². The number of piperidine rings is 1. The van der Waals surface area contributed by atoms with Gasteiger partial charge in [0.05, 0.1) is 14.2 Å². The zero-order valence-corrected chi connectivity index (χ0v) is 13.1. The number of ether oxygens (including phenoxy) is 2. The highest BCUT2D eigenvalue weighted by Gasteiger charge is 2.18. The van der Waals surface area contributed by atoms with Crippen LogP contribution in [0.4, 0.5) is 0 Å². The van der Waals surface area contributed by atoms with Gasteiger partial charge in [-0.2, -0.15) is 0 Å². The van der Waals surface area contributed by atoms with Crippen LogP contribution in [-0.2, 0) is 0 Å². The number of rotatable bonds is 3. The lowest BCUT2D eigenvalue weighted by molar-refractivity contribution is 0.379. The van der Waals surface area contributed by atoms with Gasteiger partial charge in [-0.05, 0) is 53.0 Å². The minimum Gasteiger partial charge on any atom is -0.495 e. The number of hydrogen-bond acceptors (Lipinski definition) is 3. The summed E-state index contributed by atoms with van der Waals surface area (Å²) in [5.41, 5.74) is 1.24. The highest BCUT2D eigenvalue weighted by molar-refractivity contribution is 9.10. The molecule has 1 aliphatic heterocycles. The Morgan fingerprint density at radius 2 is 1.78 bits per heavy atom. The Balaban J connectivity index is 0.00000162. The van der Waals surface area contributed by atoms with Crippen LogP contribution < -0.4 is 14.8 Å². The smallest absolute Gasteiger partial charge is 0.137 e. The molecule has 1 N–H and O–H groups in total. The van der Waals surface area contributed by atoms with Gasteiger partial charge in [-0.25, -0.2) is 0 Å². The molecule has 102 valence electrons. The summed E-state index contributed by atoms with van der Waals surface area (Å²) >= 11 is 3.49. The van der Waals surface area contributed by atoms with Gasteiger partial charge in [0, 0.05) is 6.04 Å². The van der Waals surface area contributed by atoms with E-state index < -0.39 is 0 Å². The lowest BCUT2D eigenvalue weighted by Crippen LogP contribution is -2.26. The second-order valence-electron chi connectivity index (χ2n) is 4.24. The van der Waals surface area contributed by atoms with Gasteiger partial charge in [-0.3, -0.25) is 0 Å². The van der Waals surface area contributed by atoms with E-state index in [1.54, 1.807) is 14.2 Å². The van der Waals surface area contributed by atoms with E-state index in [0.29, 0.717) is 6.04 Å². The maximum absolute atomic E-state index is 5.36. The lowest BCUT2D eigenvalue weighted by Gasteiger charge is -2.25. The molecule has 0 bridgehead atoms. The van der Waals surface area contributed by atoms with E-state index in [0.717, 1.165) is 22.5 Å². The average Bonchev–Trinajstić information content (AvgIpc) is 2.40. The van der Waals surface area contributed by atoms with E-state index >= 15 is 0 Å². The van der Waals surface area contributed by atoms with Crippen molar-refractivity contribution in [1.29, 1.82) is 0 Å². The fourth-order valence-corrected chi connectivity index (χ4v) is 2.78. The first kappa shape index (κ1) is 15.6. The molecule has 0 radical (unpaired) electrons. The van der Waals surface area contributed by atoms with Crippen LogP contribution in [0.2, 0.25) is 0 Å². The van der Waals surface area contributed by atoms with Crippen LogP contribution in [0, 0.1) is 0 Å². The number of methoxy groups -OCH3 is 2. The van der Waals surface area contributed by atoms with Crippen molar-refractivity contribution in [3.8, 4) is 11.5 Å². The molecule has 1 atom stereocenters. The second-order valence-corrected chi connectivity index (χ2v) is 5.03. The molecule has 1 saturated heterocycles. The van der Waals surface area contributed by atoms with Crippen LogP contribution in [0.25, 0.3) is 0 Å². The third kappa shape index (κ3) is 3.31. The Kier molecular flexibility index (Phi) is 6.26. The quantitative estimate of drug-likeness (QED) is 0.913. The van der Waals surface area contributed by atoms with Crippen molar-refractivity contribution in [1.82, 2.24) is 5.32 Å². The monoisotopic (exact) mass is 335 g/mol. The summed E-state index contributed by atoms with van der Waals surface area (Å²) in [5.74, 6) is 1.65. The largest absolute Gasteiger partial charge is 0.495 e. The molecular weight excluding hydrogens is 318 g/mol. The van der Waals surface area contributed by atoms with Gasteiger partial charge in [0.25, 0.3) is 0 Å². The molecule has 0 saturated carbocycles. The Bertz CT molecular complexity index is 370. The minimum absolute atomic E-state index is 0. The molecule has 0 unspecified atom stereocenters. The van der Waals surface area contributed by atoms with Crippen LogP contribution in [0.1, 0.15) is 30.9 Å². The van der Waals surface area contributed by atoms with Gasteiger partial charge in [0.15, 0.2) is 0 Å². The first-order chi connectivity index (χ1) is 8.26. The first-order valence-corrected chi connectivity index (χ1v) is 6.70. The van der Waals surface area contributed by atoms with E-state index in [2.05, 4.69) is 33.4 Å². The fraction of sp³-hybridized carbons (Fsp3) is 0.538. The van der Waals surface area contributed by atoms with Crippen LogP contribution in [0.3, 0.4) is 0 Å². The van der Waals surface area contributed by atoms with Gasteiger partial charge >= 0.3 is 0 Å². The van der Waals surface area contributed by atoms with Crippen molar-refractivity contribution < 1.29 is 9.47 Å². The van der Waals surface area contributed by atoms with Crippen LogP contribution >= 0.6 is 28.3 Å². The molecular formula is C13H19BrClNO2. The van der Waals surface area contributed by atoms with Gasteiger partial charge in [0.2, 0.25) is 0 Å². The van der Waals surface area contributed by atoms with Gasteiger partial charge < -0.3 is 14.8 Å². The van der Waals surface area contributed by atoms with E-state index in [9.17, 15) is 0 Å². The Hall–Kier alpha value is -0.450. The zero-order valence-electron chi connectivity index (χ0n) is 10.7. The summed E-state index contributed by atoms with van der Waals surface area (Å²) in [5, 5.41) is 3.53. The molecule has 1 fully saturated rings. The normalized spacial score (nSPS) is 18.9. The lowest BCUT2D eigenvalue weighted by atomic mass is 9.97. The maximum atomic E-state index is 5.36. The van der Waals surface area contributed by atoms with E-state index in [1.807, 2.05) is 0 Å². The number of hydrogen-bond donors (Lipinski definition) is 1. The van der Waals surface area contributed by atoms with Gasteiger partial charge in [0.1, 0.15) is 16.0 Å². The molecule has 1 aromatic carbocycles. The van der Waals surface area contributed by atoms with Crippen molar-refractivity contribution in [2.45, 2.75) is 25.3 Å². The third-order valence-electron chi connectivity index (χ3n) is 3.18. The molecule has 18 heavy (non-hydrogen) atoms. The molecule has 0 aromatic heterocycles. The third-order valence-corrected chi connectivity index (χ3v) is 3.96. The second kappa shape index (κ2) is 7.22. The van der Waals surface area contributed by atoms with Crippen LogP contribution in [-0.4, -0.2) is 20.8 Å². The van der Waals surface area contributed by atoms with Crippen molar-refractivity contribution >= 4 is 28.3 Å². The van der Waals surface area contributed by atoms with Crippen LogP contribution in [0.15, 0.2) is 16.6 Å². The molecule has 1 aliphatic rings. The zero-order chi connectivity index (χ0) is 12.3. The Morgan fingerprint density at radius 1 is 1.17 bits per heavy atom. The van der Waals surface area contributed by atoms with Crippen molar-refractivity contribution in [3.63, 3.8) is 0 Å². The predicted octanol–water partition coefficient (Wildman–Crippen LogP) is 3.70. The fourth-order valence-electron chi connectivity index (χ4n) is 2.23.